The molecule has 9 rings (SSSR count). The molecule has 0 aliphatic carbocycles. The second-order valence-corrected chi connectivity index (χ2v) is 11.7. The summed E-state index contributed by atoms with van der Waals surface area (Å²) in [5.41, 5.74) is 7.87. The summed E-state index contributed by atoms with van der Waals surface area (Å²) >= 11 is 0. The van der Waals surface area contributed by atoms with E-state index >= 15 is 0 Å². The van der Waals surface area contributed by atoms with Crippen LogP contribution in [0.25, 0.3) is 89.1 Å². The topological polar surface area (TPSA) is 51.8 Å². The summed E-state index contributed by atoms with van der Waals surface area (Å²) < 4.78 is 48.3. The summed E-state index contributed by atoms with van der Waals surface area (Å²) in [4.78, 5) is 15.3. The zero-order chi connectivity index (χ0) is 36.4. The molecule has 0 aliphatic rings. The normalized spacial score (nSPS) is 12.9. The standard InChI is InChI=1S/C44H29N3O/c1-28-11-9-14-32(27-28)29-21-23-31(24-22-29)42-45-43(36-26-25-33(30-12-3-2-4-13-30)34-15-5-6-16-35(34)36)47-44(46-42)38-18-10-20-40-41(38)37-17-7-8-19-39(37)48-40/h2-27H,1H3/i2D,3D,4D,12D,13D. The Balaban J connectivity index is 1.28. The van der Waals surface area contributed by atoms with E-state index in [-0.39, 0.29) is 29.7 Å². The number of hydrogen-bond acceptors (Lipinski definition) is 4. The van der Waals surface area contributed by atoms with E-state index in [1.165, 1.54) is 5.56 Å². The molecule has 0 aliphatic heterocycles. The fourth-order valence-corrected chi connectivity index (χ4v) is 6.44. The molecule has 0 atom stereocenters. The Kier molecular flexibility index (Phi) is 5.49. The highest BCUT2D eigenvalue weighted by Gasteiger charge is 2.19. The third kappa shape index (κ3) is 4.83. The van der Waals surface area contributed by atoms with Crippen molar-refractivity contribution in [3.63, 3.8) is 0 Å². The summed E-state index contributed by atoms with van der Waals surface area (Å²) in [6.45, 7) is 2.08. The quantitative estimate of drug-likeness (QED) is 0.192. The highest BCUT2D eigenvalue weighted by atomic mass is 16.3. The van der Waals surface area contributed by atoms with Crippen LogP contribution in [0.1, 0.15) is 12.4 Å². The molecule has 4 nitrogen and oxygen atoms in total. The summed E-state index contributed by atoms with van der Waals surface area (Å²) in [7, 11) is 0. The number of furan rings is 1. The highest BCUT2D eigenvalue weighted by molar-refractivity contribution is 6.12. The van der Waals surface area contributed by atoms with Gasteiger partial charge in [0.2, 0.25) is 0 Å². The van der Waals surface area contributed by atoms with Gasteiger partial charge in [-0.05, 0) is 58.1 Å². The van der Waals surface area contributed by atoms with Gasteiger partial charge in [0, 0.05) is 27.5 Å². The van der Waals surface area contributed by atoms with Gasteiger partial charge in [-0.3, -0.25) is 0 Å². The molecule has 0 amide bonds. The lowest BCUT2D eigenvalue weighted by Gasteiger charge is -2.13. The van der Waals surface area contributed by atoms with Crippen LogP contribution in [-0.4, -0.2) is 15.0 Å². The van der Waals surface area contributed by atoms with Gasteiger partial charge in [0.1, 0.15) is 11.2 Å². The van der Waals surface area contributed by atoms with Crippen molar-refractivity contribution < 1.29 is 11.3 Å². The number of benzene rings is 7. The lowest BCUT2D eigenvalue weighted by atomic mass is 9.94. The van der Waals surface area contributed by atoms with E-state index in [4.69, 9.17) is 26.2 Å². The van der Waals surface area contributed by atoms with E-state index in [1.54, 1.807) is 6.07 Å². The minimum absolute atomic E-state index is 0.142. The number of para-hydroxylation sites is 1. The predicted molar refractivity (Wildman–Crippen MR) is 197 cm³/mol. The molecule has 0 spiro atoms. The largest absolute Gasteiger partial charge is 0.456 e. The van der Waals surface area contributed by atoms with Gasteiger partial charge in [-0.1, -0.05) is 145 Å². The van der Waals surface area contributed by atoms with E-state index in [1.807, 2.05) is 84.9 Å². The molecule has 0 saturated heterocycles. The molecule has 0 N–H and O–H groups in total. The van der Waals surface area contributed by atoms with Crippen LogP contribution in [0.3, 0.4) is 0 Å². The van der Waals surface area contributed by atoms with Crippen LogP contribution in [0.2, 0.25) is 0 Å². The Morgan fingerprint density at radius 2 is 1.08 bits per heavy atom. The first kappa shape index (κ1) is 23.0. The molecule has 0 bridgehead atoms. The number of rotatable bonds is 5. The third-order valence-electron chi connectivity index (χ3n) is 8.71. The molecule has 226 valence electrons. The van der Waals surface area contributed by atoms with Gasteiger partial charge in [-0.25, -0.2) is 15.0 Å². The molecule has 2 heterocycles. The highest BCUT2D eigenvalue weighted by Crippen LogP contribution is 2.39. The van der Waals surface area contributed by atoms with Crippen LogP contribution in [-0.2, 0) is 0 Å². The SMILES string of the molecule is [2H]c1c([2H])c([2H])c(-c2ccc(-c3nc(-c4ccc(-c5cccc(C)c5)cc4)nc(-c4cccc5oc6ccccc6c45)n3)c3ccccc23)c([2H])c1[2H]. The second kappa shape index (κ2) is 11.4. The van der Waals surface area contributed by atoms with Crippen LogP contribution >= 0.6 is 0 Å². The van der Waals surface area contributed by atoms with Crippen molar-refractivity contribution in [2.45, 2.75) is 6.92 Å². The van der Waals surface area contributed by atoms with Crippen molar-refractivity contribution >= 4 is 32.7 Å². The lowest BCUT2D eigenvalue weighted by molar-refractivity contribution is 0.669. The number of fused-ring (bicyclic) bond motifs is 4. The zero-order valence-electron chi connectivity index (χ0n) is 30.9. The summed E-state index contributed by atoms with van der Waals surface area (Å²) in [6.07, 6.45) is 0. The summed E-state index contributed by atoms with van der Waals surface area (Å²) in [5, 5.41) is 3.33. The monoisotopic (exact) mass is 620 g/mol. The third-order valence-corrected chi connectivity index (χ3v) is 8.71. The Morgan fingerprint density at radius 3 is 1.88 bits per heavy atom. The lowest BCUT2D eigenvalue weighted by Crippen LogP contribution is -2.01. The first-order chi connectivity index (χ1) is 25.8. The molecule has 0 saturated carbocycles. The predicted octanol–water partition coefficient (Wildman–Crippen LogP) is 11.6. The van der Waals surface area contributed by atoms with Crippen LogP contribution in [0, 0.1) is 6.92 Å². The van der Waals surface area contributed by atoms with Gasteiger partial charge in [-0.2, -0.15) is 0 Å². The van der Waals surface area contributed by atoms with Gasteiger partial charge in [0.25, 0.3) is 0 Å². The summed E-state index contributed by atoms with van der Waals surface area (Å²) in [5.74, 6) is 1.40. The van der Waals surface area contributed by atoms with Crippen molar-refractivity contribution in [2.75, 3.05) is 0 Å². The average molecular weight is 621 g/mol. The van der Waals surface area contributed by atoms with Gasteiger partial charge in [-0.15, -0.1) is 0 Å². The van der Waals surface area contributed by atoms with Gasteiger partial charge in [0.05, 0.1) is 6.85 Å². The smallest absolute Gasteiger partial charge is 0.164 e. The van der Waals surface area contributed by atoms with E-state index in [0.717, 1.165) is 49.6 Å². The first-order valence-corrected chi connectivity index (χ1v) is 15.7. The van der Waals surface area contributed by atoms with Crippen LogP contribution in [0.4, 0.5) is 0 Å². The maximum atomic E-state index is 8.69. The molecular formula is C44H29N3O. The maximum Gasteiger partial charge on any atom is 0.164 e. The molecule has 0 radical (unpaired) electrons. The second-order valence-electron chi connectivity index (χ2n) is 11.7. The van der Waals surface area contributed by atoms with Gasteiger partial charge < -0.3 is 4.42 Å². The Bertz CT molecular complexity index is 2890. The number of aryl methyl sites for hydroxylation is 1. The average Bonchev–Trinajstić information content (AvgIpc) is 3.58. The Morgan fingerprint density at radius 1 is 0.458 bits per heavy atom. The van der Waals surface area contributed by atoms with E-state index in [9.17, 15) is 0 Å². The molecular weight excluding hydrogens is 587 g/mol. The van der Waals surface area contributed by atoms with E-state index in [2.05, 4.69) is 43.3 Å². The van der Waals surface area contributed by atoms with Gasteiger partial charge in [0.15, 0.2) is 17.5 Å². The molecule has 48 heavy (non-hydrogen) atoms. The fourth-order valence-electron chi connectivity index (χ4n) is 6.44. The van der Waals surface area contributed by atoms with E-state index in [0.29, 0.717) is 34.0 Å². The van der Waals surface area contributed by atoms with Crippen molar-refractivity contribution in [3.05, 3.63) is 163 Å². The van der Waals surface area contributed by atoms with Crippen molar-refractivity contribution in [1.29, 1.82) is 0 Å². The van der Waals surface area contributed by atoms with Crippen LogP contribution in [0.5, 0.6) is 0 Å². The van der Waals surface area contributed by atoms with Crippen molar-refractivity contribution in [3.8, 4) is 56.4 Å². The summed E-state index contributed by atoms with van der Waals surface area (Å²) in [6, 6.07) is 39.9. The minimum atomic E-state index is -0.428. The molecule has 0 fully saturated rings. The number of hydrogen-bond donors (Lipinski definition) is 0. The first-order valence-electron chi connectivity index (χ1n) is 18.2. The van der Waals surface area contributed by atoms with Crippen molar-refractivity contribution in [1.82, 2.24) is 15.0 Å². The van der Waals surface area contributed by atoms with E-state index < -0.39 is 6.04 Å². The van der Waals surface area contributed by atoms with Crippen LogP contribution in [0.15, 0.2) is 162 Å². The minimum Gasteiger partial charge on any atom is -0.456 e. The van der Waals surface area contributed by atoms with Gasteiger partial charge >= 0.3 is 0 Å². The Labute approximate surface area is 285 Å². The number of nitrogens with zero attached hydrogens (tertiary/aromatic N) is 3. The molecule has 2 aromatic heterocycles. The molecule has 9 aromatic rings. The van der Waals surface area contributed by atoms with Crippen molar-refractivity contribution in [2.24, 2.45) is 0 Å². The van der Waals surface area contributed by atoms with Crippen LogP contribution < -0.4 is 0 Å². The zero-order valence-corrected chi connectivity index (χ0v) is 25.9. The number of aromatic nitrogens is 3. The molecule has 4 heteroatoms. The Hall–Kier alpha value is -6.39. The fraction of sp³-hybridized carbons (Fsp3) is 0.0227. The maximum absolute atomic E-state index is 8.69. The molecule has 7 aromatic carbocycles. The molecule has 0 unspecified atom stereocenters.